The Morgan fingerprint density at radius 1 is 0.964 bits per heavy atom. The Balaban J connectivity index is 1.72. The van der Waals surface area contributed by atoms with Crippen molar-refractivity contribution in [1.82, 2.24) is 9.97 Å². The molecule has 0 amide bonds. The minimum Gasteiger partial charge on any atom is -0.497 e. The number of anilines is 3. The summed E-state index contributed by atoms with van der Waals surface area (Å²) >= 11 is 0. The number of nitrogens with one attached hydrogen (secondary N) is 2. The largest absolute Gasteiger partial charge is 0.497 e. The maximum atomic E-state index is 5.87. The van der Waals surface area contributed by atoms with Gasteiger partial charge in [0.1, 0.15) is 29.0 Å². The van der Waals surface area contributed by atoms with Crippen molar-refractivity contribution in [2.45, 2.75) is 33.4 Å². The summed E-state index contributed by atoms with van der Waals surface area (Å²) in [7, 11) is 1.66. The van der Waals surface area contributed by atoms with Gasteiger partial charge in [-0.3, -0.25) is 0 Å². The lowest BCUT2D eigenvalue weighted by molar-refractivity contribution is 0.244. The molecule has 2 aromatic carbocycles. The van der Waals surface area contributed by atoms with E-state index in [4.69, 9.17) is 9.47 Å². The third-order valence-corrected chi connectivity index (χ3v) is 3.98. The fourth-order valence-corrected chi connectivity index (χ4v) is 2.72. The highest BCUT2D eigenvalue weighted by Crippen LogP contribution is 2.28. The first-order valence-electron chi connectivity index (χ1n) is 9.28. The van der Waals surface area contributed by atoms with Crippen LogP contribution < -0.4 is 20.1 Å². The van der Waals surface area contributed by atoms with Crippen LogP contribution in [0.25, 0.3) is 0 Å². The van der Waals surface area contributed by atoms with Gasteiger partial charge in [0.2, 0.25) is 0 Å². The summed E-state index contributed by atoms with van der Waals surface area (Å²) < 4.78 is 11.1. The van der Waals surface area contributed by atoms with E-state index in [0.717, 1.165) is 28.6 Å². The van der Waals surface area contributed by atoms with Crippen LogP contribution in [0.5, 0.6) is 11.5 Å². The van der Waals surface area contributed by atoms with Crippen LogP contribution in [-0.2, 0) is 6.54 Å². The van der Waals surface area contributed by atoms with Crippen molar-refractivity contribution in [3.8, 4) is 11.5 Å². The zero-order chi connectivity index (χ0) is 19.9. The molecule has 6 nitrogen and oxygen atoms in total. The van der Waals surface area contributed by atoms with E-state index in [1.54, 1.807) is 7.11 Å². The molecule has 0 aliphatic carbocycles. The fraction of sp³-hybridized carbons (Fsp3) is 0.273. The number of rotatable bonds is 8. The van der Waals surface area contributed by atoms with Crippen LogP contribution in [0, 0.1) is 6.92 Å². The van der Waals surface area contributed by atoms with Gasteiger partial charge in [-0.1, -0.05) is 24.3 Å². The van der Waals surface area contributed by atoms with Gasteiger partial charge < -0.3 is 20.1 Å². The summed E-state index contributed by atoms with van der Waals surface area (Å²) in [6.07, 6.45) is 0.0943. The van der Waals surface area contributed by atoms with Gasteiger partial charge in [0.25, 0.3) is 0 Å². The quantitative estimate of drug-likeness (QED) is 0.579. The molecular formula is C22H26N4O2. The zero-order valence-electron chi connectivity index (χ0n) is 16.7. The molecule has 0 aliphatic rings. The molecule has 28 heavy (non-hydrogen) atoms. The molecule has 0 spiro atoms. The Kier molecular flexibility index (Phi) is 6.32. The van der Waals surface area contributed by atoms with E-state index in [0.29, 0.717) is 18.2 Å². The highest BCUT2D eigenvalue weighted by atomic mass is 16.5. The van der Waals surface area contributed by atoms with Gasteiger partial charge >= 0.3 is 0 Å². The van der Waals surface area contributed by atoms with E-state index >= 15 is 0 Å². The van der Waals surface area contributed by atoms with Crippen LogP contribution in [0.1, 0.15) is 25.2 Å². The Bertz CT molecular complexity index is 911. The van der Waals surface area contributed by atoms with Gasteiger partial charge in [-0.25, -0.2) is 9.97 Å². The maximum Gasteiger partial charge on any atom is 0.143 e. The summed E-state index contributed by atoms with van der Waals surface area (Å²) in [6, 6.07) is 17.7. The lowest BCUT2D eigenvalue weighted by atomic mass is 10.2. The second-order valence-corrected chi connectivity index (χ2v) is 6.68. The molecule has 0 radical (unpaired) electrons. The lowest BCUT2D eigenvalue weighted by Crippen LogP contribution is -2.08. The summed E-state index contributed by atoms with van der Waals surface area (Å²) in [5.41, 5.74) is 2.01. The first-order valence-corrected chi connectivity index (χ1v) is 9.28. The molecule has 0 aliphatic heterocycles. The average molecular weight is 378 g/mol. The van der Waals surface area contributed by atoms with Gasteiger partial charge in [-0.15, -0.1) is 0 Å². The van der Waals surface area contributed by atoms with Crippen LogP contribution >= 0.6 is 0 Å². The van der Waals surface area contributed by atoms with Crippen molar-refractivity contribution in [2.75, 3.05) is 17.7 Å². The molecule has 2 N–H and O–H groups in total. The van der Waals surface area contributed by atoms with Crippen molar-refractivity contribution in [1.29, 1.82) is 0 Å². The van der Waals surface area contributed by atoms with Gasteiger partial charge in [0.15, 0.2) is 0 Å². The molecule has 0 saturated heterocycles. The number of benzene rings is 2. The van der Waals surface area contributed by atoms with Crippen LogP contribution in [0.15, 0.2) is 54.6 Å². The number of para-hydroxylation sites is 2. The number of methoxy groups -OCH3 is 1. The normalized spacial score (nSPS) is 10.6. The topological polar surface area (TPSA) is 68.3 Å². The second kappa shape index (κ2) is 9.08. The number of nitrogens with zero attached hydrogens (tertiary/aromatic N) is 2. The lowest BCUT2D eigenvalue weighted by Gasteiger charge is -2.16. The number of hydrogen-bond donors (Lipinski definition) is 2. The first kappa shape index (κ1) is 19.5. The number of aryl methyl sites for hydroxylation is 1. The number of hydrogen-bond acceptors (Lipinski definition) is 6. The third kappa shape index (κ3) is 5.36. The molecule has 3 rings (SSSR count). The van der Waals surface area contributed by atoms with E-state index in [9.17, 15) is 0 Å². The first-order chi connectivity index (χ1) is 13.5. The molecule has 0 bridgehead atoms. The number of aromatic nitrogens is 2. The van der Waals surface area contributed by atoms with Gasteiger partial charge in [0.05, 0.1) is 18.9 Å². The van der Waals surface area contributed by atoms with Crippen LogP contribution in [0.4, 0.5) is 17.3 Å². The van der Waals surface area contributed by atoms with Gasteiger partial charge in [-0.2, -0.15) is 0 Å². The molecule has 0 saturated carbocycles. The van der Waals surface area contributed by atoms with E-state index < -0.39 is 0 Å². The van der Waals surface area contributed by atoms with Gasteiger partial charge in [0, 0.05) is 12.6 Å². The van der Waals surface area contributed by atoms with E-state index in [2.05, 4.69) is 20.6 Å². The van der Waals surface area contributed by atoms with E-state index in [1.165, 1.54) is 0 Å². The summed E-state index contributed by atoms with van der Waals surface area (Å²) in [5.74, 6) is 3.79. The third-order valence-electron chi connectivity index (χ3n) is 3.98. The Morgan fingerprint density at radius 3 is 2.39 bits per heavy atom. The standard InChI is InChI=1S/C22H26N4O2/c1-15(2)28-20-8-6-5-7-19(20)26-22-13-21(24-16(3)25-22)23-14-17-9-11-18(27-4)12-10-17/h5-13,15H,14H2,1-4H3,(H2,23,24,25,26). The van der Waals surface area contributed by atoms with Crippen molar-refractivity contribution >= 4 is 17.3 Å². The van der Waals surface area contributed by atoms with Crippen molar-refractivity contribution in [2.24, 2.45) is 0 Å². The summed E-state index contributed by atoms with van der Waals surface area (Å²) in [5, 5.41) is 6.69. The Morgan fingerprint density at radius 2 is 1.68 bits per heavy atom. The molecule has 0 fully saturated rings. The smallest absolute Gasteiger partial charge is 0.143 e. The van der Waals surface area contributed by atoms with Gasteiger partial charge in [-0.05, 0) is 50.6 Å². The minimum absolute atomic E-state index is 0.0943. The molecule has 1 heterocycles. The van der Waals surface area contributed by atoms with Crippen molar-refractivity contribution in [3.63, 3.8) is 0 Å². The molecule has 0 unspecified atom stereocenters. The molecular weight excluding hydrogens is 352 g/mol. The molecule has 0 atom stereocenters. The highest BCUT2D eigenvalue weighted by Gasteiger charge is 2.08. The highest BCUT2D eigenvalue weighted by molar-refractivity contribution is 5.65. The molecule has 3 aromatic rings. The minimum atomic E-state index is 0.0943. The van der Waals surface area contributed by atoms with Crippen molar-refractivity contribution in [3.05, 3.63) is 66.0 Å². The second-order valence-electron chi connectivity index (χ2n) is 6.68. The molecule has 6 heteroatoms. The van der Waals surface area contributed by atoms with Crippen LogP contribution in [0.2, 0.25) is 0 Å². The molecule has 1 aromatic heterocycles. The predicted molar refractivity (Wildman–Crippen MR) is 113 cm³/mol. The SMILES string of the molecule is COc1ccc(CNc2cc(Nc3ccccc3OC(C)C)nc(C)n2)cc1. The van der Waals surface area contributed by atoms with E-state index in [1.807, 2.05) is 75.4 Å². The van der Waals surface area contributed by atoms with Crippen LogP contribution in [-0.4, -0.2) is 23.2 Å². The van der Waals surface area contributed by atoms with E-state index in [-0.39, 0.29) is 6.10 Å². The number of ether oxygens (including phenoxy) is 2. The van der Waals surface area contributed by atoms with Crippen LogP contribution in [0.3, 0.4) is 0 Å². The van der Waals surface area contributed by atoms with Crippen molar-refractivity contribution < 1.29 is 9.47 Å². The monoisotopic (exact) mass is 378 g/mol. The maximum absolute atomic E-state index is 5.87. The summed E-state index contributed by atoms with van der Waals surface area (Å²) in [4.78, 5) is 8.97. The summed E-state index contributed by atoms with van der Waals surface area (Å²) in [6.45, 7) is 6.55. The average Bonchev–Trinajstić information content (AvgIpc) is 2.67. The Labute approximate surface area is 166 Å². The molecule has 146 valence electrons. The zero-order valence-corrected chi connectivity index (χ0v) is 16.7. The Hall–Kier alpha value is -3.28. The predicted octanol–water partition coefficient (Wildman–Crippen LogP) is 4.94. The fourth-order valence-electron chi connectivity index (χ4n) is 2.72.